The van der Waals surface area contributed by atoms with Crippen molar-refractivity contribution in [2.75, 3.05) is 13.2 Å². The standard InChI is InChI=1S/C65H115NO8/c1-3-5-7-9-11-13-15-17-19-21-23-25-27-29-31-32-34-36-38-40-42-44-46-48-50-52-54-59(68)58(57-73-65-64(72)63(71)62(70)60(56-67)74-65)66-61(69)55-53-51-49-47-45-43-41-39-37-35-33-30-28-26-24-22-20-18-16-14-12-10-8-6-4-2/h6,8,12,14,18,20,24,26,30,33,44,46,52,54,58-60,62-65,67-68,70-72H,3-5,7,9-11,13,15-17,19,21-23,25,27-29,31-32,34-43,45,47-51,53,55-57H2,1-2H3,(H,66,69)/b8-6-,14-12-,20-18-,26-24-,33-30-,46-44+,54-52+. The number of unbranched alkanes of at least 4 members (excludes halogenated alkanes) is 30. The van der Waals surface area contributed by atoms with Gasteiger partial charge in [0.2, 0.25) is 5.91 Å². The molecule has 0 radical (unpaired) electrons. The first-order chi connectivity index (χ1) is 36.3. The number of aliphatic hydroxyl groups excluding tert-OH is 5. The van der Waals surface area contributed by atoms with E-state index in [4.69, 9.17) is 9.47 Å². The quantitative estimate of drug-likeness (QED) is 0.0261. The first-order valence-electron chi connectivity index (χ1n) is 30.8. The highest BCUT2D eigenvalue weighted by Gasteiger charge is 2.44. The van der Waals surface area contributed by atoms with Crippen LogP contribution in [0.25, 0.3) is 0 Å². The summed E-state index contributed by atoms with van der Waals surface area (Å²) in [6, 6.07) is -0.832. The van der Waals surface area contributed by atoms with E-state index in [-0.39, 0.29) is 12.5 Å². The lowest BCUT2D eigenvalue weighted by atomic mass is 9.99. The summed E-state index contributed by atoms with van der Waals surface area (Å²) in [5.74, 6) is -0.194. The lowest BCUT2D eigenvalue weighted by Crippen LogP contribution is -2.60. The molecule has 0 aromatic heterocycles. The molecule has 6 N–H and O–H groups in total. The van der Waals surface area contributed by atoms with E-state index in [1.165, 1.54) is 161 Å². The van der Waals surface area contributed by atoms with Crippen LogP contribution in [0.5, 0.6) is 0 Å². The smallest absolute Gasteiger partial charge is 0.220 e. The largest absolute Gasteiger partial charge is 0.394 e. The number of hydrogen-bond acceptors (Lipinski definition) is 8. The molecule has 7 atom stereocenters. The van der Waals surface area contributed by atoms with Crippen LogP contribution in [0, 0.1) is 0 Å². The van der Waals surface area contributed by atoms with Gasteiger partial charge >= 0.3 is 0 Å². The van der Waals surface area contributed by atoms with Crippen LogP contribution in [0.3, 0.4) is 0 Å². The Labute approximate surface area is 454 Å². The van der Waals surface area contributed by atoms with Crippen molar-refractivity contribution in [1.29, 1.82) is 0 Å². The minimum Gasteiger partial charge on any atom is -0.394 e. The molecule has 9 heteroatoms. The molecule has 1 rings (SSSR count). The van der Waals surface area contributed by atoms with E-state index in [0.29, 0.717) is 6.42 Å². The highest BCUT2D eigenvalue weighted by Crippen LogP contribution is 2.23. The number of allylic oxidation sites excluding steroid dienone is 13. The van der Waals surface area contributed by atoms with Crippen molar-refractivity contribution in [1.82, 2.24) is 5.32 Å². The second-order valence-electron chi connectivity index (χ2n) is 21.1. The van der Waals surface area contributed by atoms with Crippen LogP contribution in [-0.2, 0) is 14.3 Å². The van der Waals surface area contributed by atoms with Crippen LogP contribution in [0.2, 0.25) is 0 Å². The number of aliphatic hydroxyl groups is 5. The second kappa shape index (κ2) is 53.8. The maximum Gasteiger partial charge on any atom is 0.220 e. The van der Waals surface area contributed by atoms with Gasteiger partial charge in [-0.1, -0.05) is 266 Å². The predicted octanol–water partition coefficient (Wildman–Crippen LogP) is 15.8. The summed E-state index contributed by atoms with van der Waals surface area (Å²) >= 11 is 0. The van der Waals surface area contributed by atoms with Crippen LogP contribution in [0.15, 0.2) is 85.1 Å². The average Bonchev–Trinajstić information content (AvgIpc) is 3.40. The van der Waals surface area contributed by atoms with Crippen molar-refractivity contribution in [2.45, 2.75) is 307 Å². The maximum absolute atomic E-state index is 13.1. The molecule has 0 aliphatic carbocycles. The van der Waals surface area contributed by atoms with Gasteiger partial charge in [-0.05, 0) is 77.0 Å². The van der Waals surface area contributed by atoms with Gasteiger partial charge in [-0.25, -0.2) is 0 Å². The third kappa shape index (κ3) is 42.5. The molecule has 1 amide bonds. The van der Waals surface area contributed by atoms with Crippen molar-refractivity contribution in [3.63, 3.8) is 0 Å². The van der Waals surface area contributed by atoms with Crippen LogP contribution in [0.1, 0.15) is 264 Å². The van der Waals surface area contributed by atoms with Gasteiger partial charge in [0.05, 0.1) is 25.4 Å². The summed E-state index contributed by atoms with van der Waals surface area (Å²) < 4.78 is 11.3. The Morgan fingerprint density at radius 3 is 1.30 bits per heavy atom. The second-order valence-corrected chi connectivity index (χ2v) is 21.1. The Balaban J connectivity index is 2.24. The van der Waals surface area contributed by atoms with Crippen LogP contribution < -0.4 is 5.32 Å². The molecule has 0 saturated carbocycles. The van der Waals surface area contributed by atoms with Crippen molar-refractivity contribution in [3.05, 3.63) is 85.1 Å². The number of ether oxygens (including phenoxy) is 2. The van der Waals surface area contributed by atoms with E-state index in [9.17, 15) is 30.3 Å². The van der Waals surface area contributed by atoms with E-state index < -0.39 is 49.5 Å². The molecule has 0 aromatic carbocycles. The average molecular weight is 1040 g/mol. The van der Waals surface area contributed by atoms with Gasteiger partial charge in [0.15, 0.2) is 6.29 Å². The molecular formula is C65H115NO8. The third-order valence-electron chi connectivity index (χ3n) is 14.2. The third-order valence-corrected chi connectivity index (χ3v) is 14.2. The zero-order valence-electron chi connectivity index (χ0n) is 47.6. The molecule has 0 spiro atoms. The highest BCUT2D eigenvalue weighted by atomic mass is 16.7. The number of hydrogen-bond donors (Lipinski definition) is 6. The first-order valence-corrected chi connectivity index (χ1v) is 30.8. The maximum atomic E-state index is 13.1. The van der Waals surface area contributed by atoms with Gasteiger partial charge < -0.3 is 40.3 Å². The lowest BCUT2D eigenvalue weighted by Gasteiger charge is -2.40. The zero-order valence-corrected chi connectivity index (χ0v) is 47.6. The van der Waals surface area contributed by atoms with E-state index in [1.54, 1.807) is 6.08 Å². The normalized spacial score (nSPS) is 19.6. The first kappa shape index (κ1) is 69.4. The minimum atomic E-state index is -1.58. The van der Waals surface area contributed by atoms with Crippen LogP contribution in [0.4, 0.5) is 0 Å². The summed E-state index contributed by atoms with van der Waals surface area (Å²) in [5, 5.41) is 54.6. The van der Waals surface area contributed by atoms with Crippen molar-refractivity contribution in [2.24, 2.45) is 0 Å². The van der Waals surface area contributed by atoms with Gasteiger partial charge in [0.25, 0.3) is 0 Å². The zero-order chi connectivity index (χ0) is 53.6. The Morgan fingerprint density at radius 2 is 0.851 bits per heavy atom. The van der Waals surface area contributed by atoms with E-state index in [1.807, 2.05) is 6.08 Å². The number of amides is 1. The molecule has 9 nitrogen and oxygen atoms in total. The summed E-state index contributed by atoms with van der Waals surface area (Å²) in [6.07, 6.45) is 69.4. The van der Waals surface area contributed by atoms with Gasteiger partial charge in [0, 0.05) is 6.42 Å². The summed E-state index contributed by atoms with van der Waals surface area (Å²) in [6.45, 7) is 3.67. The number of carbonyl (C=O) groups excluding carboxylic acids is 1. The monoisotopic (exact) mass is 1040 g/mol. The minimum absolute atomic E-state index is 0.194. The highest BCUT2D eigenvalue weighted by molar-refractivity contribution is 5.76. The molecule has 1 heterocycles. The van der Waals surface area contributed by atoms with Crippen molar-refractivity contribution < 1.29 is 39.8 Å². The molecule has 0 bridgehead atoms. The van der Waals surface area contributed by atoms with Crippen LogP contribution in [-0.4, -0.2) is 87.5 Å². The fourth-order valence-corrected chi connectivity index (χ4v) is 9.38. The molecule has 7 unspecified atom stereocenters. The van der Waals surface area contributed by atoms with Gasteiger partial charge in [0.1, 0.15) is 24.4 Å². The number of nitrogens with one attached hydrogen (secondary N) is 1. The van der Waals surface area contributed by atoms with Crippen molar-refractivity contribution >= 4 is 5.91 Å². The number of rotatable bonds is 52. The molecular weight excluding hydrogens is 923 g/mol. The SMILES string of the molecule is CC/C=C\C/C=C\C/C=C\C/C=C\C/C=C\CCCCCCCCCCCC(=O)NC(COC1OC(CO)C(O)C(O)C1O)C(O)/C=C/CC/C=C/CCCCCCCCCCCCCCCCCCCCCC. The van der Waals surface area contributed by atoms with E-state index in [2.05, 4.69) is 92.1 Å². The Morgan fingerprint density at radius 1 is 0.473 bits per heavy atom. The molecule has 1 aliphatic heterocycles. The molecule has 428 valence electrons. The van der Waals surface area contributed by atoms with E-state index >= 15 is 0 Å². The van der Waals surface area contributed by atoms with Crippen molar-refractivity contribution in [3.8, 4) is 0 Å². The molecule has 74 heavy (non-hydrogen) atoms. The Kier molecular flexibility index (Phi) is 50.4. The van der Waals surface area contributed by atoms with Gasteiger partial charge in [-0.15, -0.1) is 0 Å². The number of carbonyl (C=O) groups is 1. The van der Waals surface area contributed by atoms with Gasteiger partial charge in [-0.2, -0.15) is 0 Å². The fraction of sp³-hybridized carbons (Fsp3) is 0.769. The topological polar surface area (TPSA) is 149 Å². The fourth-order valence-electron chi connectivity index (χ4n) is 9.38. The lowest BCUT2D eigenvalue weighted by molar-refractivity contribution is -0.302. The molecule has 1 fully saturated rings. The van der Waals surface area contributed by atoms with E-state index in [0.717, 1.165) is 83.5 Å². The summed E-state index contributed by atoms with van der Waals surface area (Å²) in [5.41, 5.74) is 0. The van der Waals surface area contributed by atoms with Crippen LogP contribution >= 0.6 is 0 Å². The Bertz CT molecular complexity index is 1440. The molecule has 0 aromatic rings. The predicted molar refractivity (Wildman–Crippen MR) is 313 cm³/mol. The summed E-state index contributed by atoms with van der Waals surface area (Å²) in [4.78, 5) is 13.1. The Hall–Kier alpha value is -2.63. The molecule has 1 saturated heterocycles. The van der Waals surface area contributed by atoms with Gasteiger partial charge in [-0.3, -0.25) is 4.79 Å². The summed E-state index contributed by atoms with van der Waals surface area (Å²) in [7, 11) is 0. The molecule has 1 aliphatic rings.